The summed E-state index contributed by atoms with van der Waals surface area (Å²) in [5, 5.41) is 5.07. The number of carbonyl (C=O) groups is 1. The van der Waals surface area contributed by atoms with Crippen molar-refractivity contribution in [2.75, 3.05) is 0 Å². The first-order valence-corrected chi connectivity index (χ1v) is 6.81. The number of aromatic nitrogens is 1. The quantitative estimate of drug-likeness (QED) is 0.916. The van der Waals surface area contributed by atoms with Gasteiger partial charge in [0.1, 0.15) is 5.69 Å². The lowest BCUT2D eigenvalue weighted by molar-refractivity contribution is 0.0921. The van der Waals surface area contributed by atoms with Crippen molar-refractivity contribution in [3.63, 3.8) is 0 Å². The van der Waals surface area contributed by atoms with Gasteiger partial charge in [0.05, 0.1) is 6.04 Å². The molecular weight excluding hydrogens is 244 g/mol. The predicted molar refractivity (Wildman–Crippen MR) is 73.6 cm³/mol. The van der Waals surface area contributed by atoms with Crippen LogP contribution < -0.4 is 5.32 Å². The van der Waals surface area contributed by atoms with E-state index >= 15 is 0 Å². The molecule has 0 bridgehead atoms. The lowest BCUT2D eigenvalue weighted by Gasteiger charge is -2.20. The first-order chi connectivity index (χ1) is 8.68. The summed E-state index contributed by atoms with van der Waals surface area (Å²) in [6.07, 6.45) is 1.63. The summed E-state index contributed by atoms with van der Waals surface area (Å²) in [6, 6.07) is 9.43. The van der Waals surface area contributed by atoms with Crippen LogP contribution in [0.3, 0.4) is 0 Å². The molecule has 0 aliphatic heterocycles. The summed E-state index contributed by atoms with van der Waals surface area (Å²) < 4.78 is 0. The van der Waals surface area contributed by atoms with Gasteiger partial charge in [0, 0.05) is 11.1 Å². The zero-order valence-corrected chi connectivity index (χ0v) is 11.3. The number of carbonyl (C=O) groups excluding carboxylic acids is 1. The van der Waals surface area contributed by atoms with Gasteiger partial charge in [-0.25, -0.2) is 0 Å². The first-order valence-electron chi connectivity index (χ1n) is 5.94. The Hall–Kier alpha value is -1.68. The van der Waals surface area contributed by atoms with Crippen LogP contribution in [0.4, 0.5) is 0 Å². The minimum absolute atomic E-state index is 0.0412. The fourth-order valence-corrected chi connectivity index (χ4v) is 2.70. The number of hydrogen-bond acceptors (Lipinski definition) is 3. The Labute approximate surface area is 111 Å². The van der Waals surface area contributed by atoms with E-state index in [2.05, 4.69) is 24.1 Å². The SMILES string of the molecule is CC(C)C(NC(=O)c1ccccn1)c1cccs1. The van der Waals surface area contributed by atoms with Gasteiger partial charge in [0.25, 0.3) is 5.91 Å². The minimum atomic E-state index is -0.122. The highest BCUT2D eigenvalue weighted by Crippen LogP contribution is 2.25. The van der Waals surface area contributed by atoms with E-state index < -0.39 is 0 Å². The Balaban J connectivity index is 2.13. The molecule has 2 heterocycles. The average Bonchev–Trinajstić information content (AvgIpc) is 2.90. The zero-order chi connectivity index (χ0) is 13.0. The first kappa shape index (κ1) is 12.8. The van der Waals surface area contributed by atoms with Crippen molar-refractivity contribution < 1.29 is 4.79 Å². The molecule has 0 aliphatic rings. The lowest BCUT2D eigenvalue weighted by atomic mass is 10.0. The van der Waals surface area contributed by atoms with Crippen molar-refractivity contribution in [1.82, 2.24) is 10.3 Å². The fourth-order valence-electron chi connectivity index (χ4n) is 1.75. The van der Waals surface area contributed by atoms with Crippen LogP contribution in [-0.2, 0) is 0 Å². The third-order valence-electron chi connectivity index (χ3n) is 2.70. The van der Waals surface area contributed by atoms with Gasteiger partial charge in [0.2, 0.25) is 0 Å². The molecular formula is C14H16N2OS. The van der Waals surface area contributed by atoms with Crippen molar-refractivity contribution in [2.24, 2.45) is 5.92 Å². The van der Waals surface area contributed by atoms with E-state index in [1.54, 1.807) is 29.7 Å². The van der Waals surface area contributed by atoms with E-state index in [0.29, 0.717) is 11.6 Å². The van der Waals surface area contributed by atoms with Crippen molar-refractivity contribution >= 4 is 17.2 Å². The Morgan fingerprint density at radius 2 is 2.11 bits per heavy atom. The molecule has 4 heteroatoms. The summed E-state index contributed by atoms with van der Waals surface area (Å²) >= 11 is 1.66. The van der Waals surface area contributed by atoms with Crippen LogP contribution >= 0.6 is 11.3 Å². The Morgan fingerprint density at radius 3 is 2.67 bits per heavy atom. The molecule has 3 nitrogen and oxygen atoms in total. The third-order valence-corrected chi connectivity index (χ3v) is 3.66. The topological polar surface area (TPSA) is 42.0 Å². The second-order valence-corrected chi connectivity index (χ2v) is 5.40. The van der Waals surface area contributed by atoms with Gasteiger partial charge in [-0.15, -0.1) is 11.3 Å². The summed E-state index contributed by atoms with van der Waals surface area (Å²) in [4.78, 5) is 17.3. The summed E-state index contributed by atoms with van der Waals surface area (Å²) in [5.74, 6) is 0.221. The van der Waals surface area contributed by atoms with Gasteiger partial charge in [0.15, 0.2) is 0 Å². The summed E-state index contributed by atoms with van der Waals surface area (Å²) in [7, 11) is 0. The maximum Gasteiger partial charge on any atom is 0.270 e. The maximum absolute atomic E-state index is 12.1. The van der Waals surface area contributed by atoms with Gasteiger partial charge in [-0.05, 0) is 29.5 Å². The van der Waals surface area contributed by atoms with Gasteiger partial charge < -0.3 is 5.32 Å². The molecule has 0 aliphatic carbocycles. The van der Waals surface area contributed by atoms with Crippen LogP contribution in [0, 0.1) is 5.92 Å². The molecule has 18 heavy (non-hydrogen) atoms. The van der Waals surface area contributed by atoms with Gasteiger partial charge in [-0.2, -0.15) is 0 Å². The van der Waals surface area contributed by atoms with Crippen LogP contribution in [0.2, 0.25) is 0 Å². The zero-order valence-electron chi connectivity index (χ0n) is 10.5. The monoisotopic (exact) mass is 260 g/mol. The van der Waals surface area contributed by atoms with Crippen LogP contribution in [0.25, 0.3) is 0 Å². The lowest BCUT2D eigenvalue weighted by Crippen LogP contribution is -2.31. The second-order valence-electron chi connectivity index (χ2n) is 4.43. The molecule has 1 unspecified atom stereocenters. The van der Waals surface area contributed by atoms with Crippen LogP contribution in [-0.4, -0.2) is 10.9 Å². The highest BCUT2D eigenvalue weighted by atomic mass is 32.1. The molecule has 2 aromatic rings. The van der Waals surface area contributed by atoms with E-state index in [4.69, 9.17) is 0 Å². The van der Waals surface area contributed by atoms with E-state index in [0.717, 1.165) is 0 Å². The fraction of sp³-hybridized carbons (Fsp3) is 0.286. The van der Waals surface area contributed by atoms with Crippen LogP contribution in [0.15, 0.2) is 41.9 Å². The number of thiophene rings is 1. The summed E-state index contributed by atoms with van der Waals surface area (Å²) in [5.41, 5.74) is 0.458. The van der Waals surface area contributed by atoms with Gasteiger partial charge >= 0.3 is 0 Å². The number of rotatable bonds is 4. The standard InChI is InChI=1S/C14H16N2OS/c1-10(2)13(12-7-5-9-18-12)16-14(17)11-6-3-4-8-15-11/h3-10,13H,1-2H3,(H,16,17). The highest BCUT2D eigenvalue weighted by Gasteiger charge is 2.20. The van der Waals surface area contributed by atoms with Crippen LogP contribution in [0.5, 0.6) is 0 Å². The van der Waals surface area contributed by atoms with Crippen LogP contribution in [0.1, 0.15) is 35.3 Å². The van der Waals surface area contributed by atoms with Crippen molar-refractivity contribution in [3.05, 3.63) is 52.5 Å². The molecule has 0 saturated carbocycles. The molecule has 1 atom stereocenters. The smallest absolute Gasteiger partial charge is 0.270 e. The van der Waals surface area contributed by atoms with Gasteiger partial charge in [-0.1, -0.05) is 26.0 Å². The number of nitrogens with zero attached hydrogens (tertiary/aromatic N) is 1. The number of amides is 1. The molecule has 1 amide bonds. The number of hydrogen-bond donors (Lipinski definition) is 1. The predicted octanol–water partition coefficient (Wildman–Crippen LogP) is 3.27. The van der Waals surface area contributed by atoms with E-state index in [1.807, 2.05) is 23.6 Å². The Morgan fingerprint density at radius 1 is 1.28 bits per heavy atom. The van der Waals surface area contributed by atoms with Gasteiger partial charge in [-0.3, -0.25) is 9.78 Å². The highest BCUT2D eigenvalue weighted by molar-refractivity contribution is 7.10. The number of pyridine rings is 1. The Bertz CT molecular complexity index is 494. The molecule has 0 fully saturated rings. The molecule has 0 radical (unpaired) electrons. The molecule has 2 aromatic heterocycles. The minimum Gasteiger partial charge on any atom is -0.343 e. The van der Waals surface area contributed by atoms with Crippen molar-refractivity contribution in [1.29, 1.82) is 0 Å². The van der Waals surface area contributed by atoms with E-state index in [-0.39, 0.29) is 11.9 Å². The van der Waals surface area contributed by atoms with E-state index in [9.17, 15) is 4.79 Å². The Kier molecular flexibility index (Phi) is 4.10. The normalized spacial score (nSPS) is 12.4. The van der Waals surface area contributed by atoms with Crippen molar-refractivity contribution in [2.45, 2.75) is 19.9 Å². The molecule has 94 valence electrons. The summed E-state index contributed by atoms with van der Waals surface area (Å²) in [6.45, 7) is 4.20. The average molecular weight is 260 g/mol. The largest absolute Gasteiger partial charge is 0.343 e. The molecule has 0 aromatic carbocycles. The third kappa shape index (κ3) is 2.96. The number of nitrogens with one attached hydrogen (secondary N) is 1. The molecule has 0 spiro atoms. The maximum atomic E-state index is 12.1. The molecule has 1 N–H and O–H groups in total. The van der Waals surface area contributed by atoms with E-state index in [1.165, 1.54) is 4.88 Å². The second kappa shape index (κ2) is 5.78. The molecule has 0 saturated heterocycles. The molecule has 2 rings (SSSR count). The van der Waals surface area contributed by atoms with Crippen molar-refractivity contribution in [3.8, 4) is 0 Å².